The highest BCUT2D eigenvalue weighted by Crippen LogP contribution is 2.31. The van der Waals surface area contributed by atoms with Crippen LogP contribution in [0.4, 0.5) is 0 Å². The summed E-state index contributed by atoms with van der Waals surface area (Å²) < 4.78 is 21.3. The van der Waals surface area contributed by atoms with Gasteiger partial charge in [-0.1, -0.05) is 30.3 Å². The molecule has 0 aromatic heterocycles. The molecule has 0 saturated carbocycles. The van der Waals surface area contributed by atoms with Crippen LogP contribution in [0.15, 0.2) is 30.3 Å². The summed E-state index contributed by atoms with van der Waals surface area (Å²) in [6.45, 7) is 0. The zero-order chi connectivity index (χ0) is 12.0. The predicted octanol–water partition coefficient (Wildman–Crippen LogP) is 1.75. The minimum absolute atomic E-state index is 0.634. The van der Waals surface area contributed by atoms with Crippen molar-refractivity contribution >= 4 is 0 Å². The van der Waals surface area contributed by atoms with Gasteiger partial charge in [0.2, 0.25) is 12.1 Å². The van der Waals surface area contributed by atoms with Crippen molar-refractivity contribution in [2.24, 2.45) is 0 Å². The fourth-order valence-electron chi connectivity index (χ4n) is 1.72. The largest absolute Gasteiger partial charge is 0.351 e. The van der Waals surface area contributed by atoms with E-state index in [0.717, 1.165) is 5.56 Å². The molecule has 0 unspecified atom stereocenters. The Hall–Kier alpha value is -0.940. The SMILES string of the molecule is COC(OC)C(OC)(OC)c1ccccc1. The Morgan fingerprint density at radius 3 is 1.75 bits per heavy atom. The number of hydrogen-bond acceptors (Lipinski definition) is 4. The maximum Gasteiger partial charge on any atom is 0.247 e. The summed E-state index contributed by atoms with van der Waals surface area (Å²) in [7, 11) is 6.21. The lowest BCUT2D eigenvalue weighted by Gasteiger charge is -2.36. The Morgan fingerprint density at radius 1 is 0.875 bits per heavy atom. The van der Waals surface area contributed by atoms with Gasteiger partial charge in [0.05, 0.1) is 0 Å². The fraction of sp³-hybridized carbons (Fsp3) is 0.500. The van der Waals surface area contributed by atoms with Crippen LogP contribution >= 0.6 is 0 Å². The van der Waals surface area contributed by atoms with Crippen LogP contribution in [0.5, 0.6) is 0 Å². The molecule has 0 heterocycles. The maximum absolute atomic E-state index is 5.44. The van der Waals surface area contributed by atoms with Gasteiger partial charge in [-0.3, -0.25) is 0 Å². The van der Waals surface area contributed by atoms with Crippen molar-refractivity contribution in [2.45, 2.75) is 12.1 Å². The molecule has 0 aliphatic carbocycles. The van der Waals surface area contributed by atoms with Gasteiger partial charge in [0.25, 0.3) is 0 Å². The second kappa shape index (κ2) is 5.96. The molecule has 0 spiro atoms. The minimum atomic E-state index is -1.05. The molecule has 16 heavy (non-hydrogen) atoms. The molecule has 0 atom stereocenters. The molecule has 0 saturated heterocycles. The lowest BCUT2D eigenvalue weighted by atomic mass is 10.1. The first-order chi connectivity index (χ1) is 7.75. The van der Waals surface area contributed by atoms with Crippen LogP contribution in [0.3, 0.4) is 0 Å². The van der Waals surface area contributed by atoms with E-state index in [1.807, 2.05) is 30.3 Å². The van der Waals surface area contributed by atoms with E-state index < -0.39 is 12.1 Å². The van der Waals surface area contributed by atoms with E-state index in [0.29, 0.717) is 0 Å². The average Bonchev–Trinajstić information content (AvgIpc) is 2.37. The summed E-state index contributed by atoms with van der Waals surface area (Å²) in [6.07, 6.45) is -0.634. The molecule has 0 fully saturated rings. The van der Waals surface area contributed by atoms with Crippen molar-refractivity contribution in [3.8, 4) is 0 Å². The molecular formula is C12H18O4. The van der Waals surface area contributed by atoms with Gasteiger partial charge >= 0.3 is 0 Å². The first-order valence-corrected chi connectivity index (χ1v) is 4.96. The minimum Gasteiger partial charge on any atom is -0.351 e. The zero-order valence-electron chi connectivity index (χ0n) is 10.1. The van der Waals surface area contributed by atoms with Crippen LogP contribution in [-0.4, -0.2) is 34.7 Å². The highest BCUT2D eigenvalue weighted by Gasteiger charge is 2.42. The molecule has 0 aliphatic heterocycles. The lowest BCUT2D eigenvalue weighted by molar-refractivity contribution is -0.336. The van der Waals surface area contributed by atoms with E-state index in [1.165, 1.54) is 0 Å². The second-order valence-electron chi connectivity index (χ2n) is 3.25. The maximum atomic E-state index is 5.44. The summed E-state index contributed by atoms with van der Waals surface area (Å²) in [4.78, 5) is 0. The van der Waals surface area contributed by atoms with E-state index in [-0.39, 0.29) is 0 Å². The predicted molar refractivity (Wildman–Crippen MR) is 59.9 cm³/mol. The molecule has 0 N–H and O–H groups in total. The van der Waals surface area contributed by atoms with E-state index in [4.69, 9.17) is 18.9 Å². The third-order valence-electron chi connectivity index (χ3n) is 2.52. The first-order valence-electron chi connectivity index (χ1n) is 4.96. The number of methoxy groups -OCH3 is 4. The number of hydrogen-bond donors (Lipinski definition) is 0. The summed E-state index contributed by atoms with van der Waals surface area (Å²) in [5.41, 5.74) is 0.841. The Bertz CT molecular complexity index is 291. The van der Waals surface area contributed by atoms with Gasteiger partial charge in [-0.25, -0.2) is 0 Å². The van der Waals surface area contributed by atoms with Gasteiger partial charge < -0.3 is 18.9 Å². The smallest absolute Gasteiger partial charge is 0.247 e. The highest BCUT2D eigenvalue weighted by molar-refractivity contribution is 5.21. The van der Waals surface area contributed by atoms with Crippen LogP contribution in [0.2, 0.25) is 0 Å². The van der Waals surface area contributed by atoms with E-state index in [9.17, 15) is 0 Å². The summed E-state index contributed by atoms with van der Waals surface area (Å²) in [5.74, 6) is -1.05. The molecule has 0 aliphatic rings. The van der Waals surface area contributed by atoms with Crippen LogP contribution < -0.4 is 0 Å². The van der Waals surface area contributed by atoms with Crippen molar-refractivity contribution in [3.63, 3.8) is 0 Å². The van der Waals surface area contributed by atoms with Gasteiger partial charge in [-0.05, 0) is 0 Å². The zero-order valence-corrected chi connectivity index (χ0v) is 10.1. The summed E-state index contributed by atoms with van der Waals surface area (Å²) in [6, 6.07) is 9.54. The van der Waals surface area contributed by atoms with Crippen molar-refractivity contribution in [3.05, 3.63) is 35.9 Å². The molecular weight excluding hydrogens is 208 g/mol. The fourth-order valence-corrected chi connectivity index (χ4v) is 1.72. The van der Waals surface area contributed by atoms with Crippen LogP contribution in [0.1, 0.15) is 5.56 Å². The molecule has 4 nitrogen and oxygen atoms in total. The molecule has 0 bridgehead atoms. The summed E-state index contributed by atoms with van der Waals surface area (Å²) in [5, 5.41) is 0. The lowest BCUT2D eigenvalue weighted by Crippen LogP contribution is -2.45. The second-order valence-corrected chi connectivity index (χ2v) is 3.25. The van der Waals surface area contributed by atoms with Crippen molar-refractivity contribution in [1.82, 2.24) is 0 Å². The van der Waals surface area contributed by atoms with Crippen molar-refractivity contribution < 1.29 is 18.9 Å². The molecule has 0 radical (unpaired) electrons. The number of rotatable bonds is 6. The normalized spacial score (nSPS) is 12.1. The van der Waals surface area contributed by atoms with Crippen molar-refractivity contribution in [2.75, 3.05) is 28.4 Å². The van der Waals surface area contributed by atoms with Gasteiger partial charge in [0.15, 0.2) is 0 Å². The Kier molecular flexibility index (Phi) is 4.89. The first kappa shape index (κ1) is 13.1. The quantitative estimate of drug-likeness (QED) is 0.692. The monoisotopic (exact) mass is 226 g/mol. The molecule has 1 aromatic carbocycles. The van der Waals surface area contributed by atoms with Gasteiger partial charge in [0.1, 0.15) is 0 Å². The van der Waals surface area contributed by atoms with Gasteiger partial charge in [0, 0.05) is 34.0 Å². The Labute approximate surface area is 96.1 Å². The molecule has 1 aromatic rings. The molecule has 1 rings (SSSR count). The summed E-state index contributed by atoms with van der Waals surface area (Å²) >= 11 is 0. The Morgan fingerprint density at radius 2 is 1.38 bits per heavy atom. The van der Waals surface area contributed by atoms with E-state index >= 15 is 0 Å². The Balaban J connectivity index is 3.14. The van der Waals surface area contributed by atoms with E-state index in [2.05, 4.69) is 0 Å². The van der Waals surface area contributed by atoms with E-state index in [1.54, 1.807) is 28.4 Å². The molecule has 0 amide bonds. The third kappa shape index (κ3) is 2.25. The average molecular weight is 226 g/mol. The van der Waals surface area contributed by atoms with Gasteiger partial charge in [-0.2, -0.15) is 0 Å². The van der Waals surface area contributed by atoms with Crippen LogP contribution in [-0.2, 0) is 24.7 Å². The molecule has 4 heteroatoms. The number of benzene rings is 1. The van der Waals surface area contributed by atoms with Crippen LogP contribution in [0, 0.1) is 0 Å². The van der Waals surface area contributed by atoms with Gasteiger partial charge in [-0.15, -0.1) is 0 Å². The number of ether oxygens (including phenoxy) is 4. The van der Waals surface area contributed by atoms with Crippen molar-refractivity contribution in [1.29, 1.82) is 0 Å². The third-order valence-corrected chi connectivity index (χ3v) is 2.52. The van der Waals surface area contributed by atoms with Crippen LogP contribution in [0.25, 0.3) is 0 Å². The molecule has 90 valence electrons. The highest BCUT2D eigenvalue weighted by atomic mass is 16.8. The standard InChI is InChI=1S/C12H18O4/c1-13-11(14-2)12(15-3,16-4)10-8-6-5-7-9-10/h5-9,11H,1-4H3. The topological polar surface area (TPSA) is 36.9 Å².